The number of hydrogen-bond acceptors (Lipinski definition) is 7. The maximum absolute atomic E-state index is 12.5. The Labute approximate surface area is 198 Å². The Hall–Kier alpha value is -3.26. The predicted octanol–water partition coefficient (Wildman–Crippen LogP) is 3.20. The minimum atomic E-state index is -0.506. The van der Waals surface area contributed by atoms with Crippen LogP contribution in [0.4, 0.5) is 0 Å². The molecule has 178 valence electrons. The number of methoxy groups -OCH3 is 1. The Morgan fingerprint density at radius 3 is 2.26 bits per heavy atom. The molecule has 4 rings (SSSR count). The second-order valence-electron chi connectivity index (χ2n) is 8.34. The first-order valence-electron chi connectivity index (χ1n) is 11.2. The van der Waals surface area contributed by atoms with Crippen LogP contribution in [0.3, 0.4) is 0 Å². The smallest absolute Gasteiger partial charge is 0.331 e. The fourth-order valence-corrected chi connectivity index (χ4v) is 4.14. The number of rotatable bonds is 9. The molecule has 7 nitrogen and oxygen atoms in total. The normalized spacial score (nSPS) is 23.9. The lowest BCUT2D eigenvalue weighted by molar-refractivity contribution is -0.147. The summed E-state index contributed by atoms with van der Waals surface area (Å²) in [4.78, 5) is 24.7. The summed E-state index contributed by atoms with van der Waals surface area (Å²) < 4.78 is 22.4. The number of esters is 1. The van der Waals surface area contributed by atoms with Crippen LogP contribution in [0.5, 0.6) is 5.75 Å². The number of benzene rings is 2. The third kappa shape index (κ3) is 5.99. The summed E-state index contributed by atoms with van der Waals surface area (Å²) in [6.07, 6.45) is 5.52. The molecule has 2 heterocycles. The Balaban J connectivity index is 1.26. The van der Waals surface area contributed by atoms with Crippen molar-refractivity contribution in [1.82, 2.24) is 0 Å². The van der Waals surface area contributed by atoms with E-state index in [9.17, 15) is 9.59 Å². The molecule has 2 aromatic carbocycles. The molecule has 0 unspecified atom stereocenters. The number of ketones is 1. The van der Waals surface area contributed by atoms with Crippen LogP contribution in [0.15, 0.2) is 60.7 Å². The molecule has 0 radical (unpaired) electrons. The molecule has 2 aromatic rings. The van der Waals surface area contributed by atoms with E-state index in [1.165, 1.54) is 6.08 Å². The van der Waals surface area contributed by atoms with Gasteiger partial charge in [-0.15, -0.1) is 0 Å². The summed E-state index contributed by atoms with van der Waals surface area (Å²) in [5, 5.41) is 9.10. The van der Waals surface area contributed by atoms with E-state index in [-0.39, 0.29) is 37.1 Å². The number of ether oxygens (including phenoxy) is 4. The number of carbonyl (C=O) groups excluding carboxylic acids is 2. The molecule has 0 saturated carbocycles. The molecule has 0 amide bonds. The van der Waals surface area contributed by atoms with E-state index in [0.29, 0.717) is 13.0 Å². The third-order valence-electron chi connectivity index (χ3n) is 5.99. The van der Waals surface area contributed by atoms with Crippen molar-refractivity contribution in [1.29, 1.82) is 0 Å². The second kappa shape index (κ2) is 11.2. The number of carbonyl (C=O) groups is 2. The minimum Gasteiger partial charge on any atom is -0.497 e. The summed E-state index contributed by atoms with van der Waals surface area (Å²) in [7, 11) is 1.61. The Kier molecular flexibility index (Phi) is 7.90. The summed E-state index contributed by atoms with van der Waals surface area (Å²) >= 11 is 0. The summed E-state index contributed by atoms with van der Waals surface area (Å²) in [5.41, 5.74) is 2.54. The molecule has 0 aliphatic carbocycles. The van der Waals surface area contributed by atoms with Gasteiger partial charge in [0.1, 0.15) is 11.9 Å². The number of aliphatic hydroxyl groups excluding tert-OH is 1. The van der Waals surface area contributed by atoms with Crippen molar-refractivity contribution in [2.24, 2.45) is 5.92 Å². The molecule has 2 aliphatic rings. The number of fused-ring (bicyclic) bond motifs is 1. The van der Waals surface area contributed by atoms with E-state index in [4.69, 9.17) is 24.1 Å². The SMILES string of the molecule is COc1ccc(/C=C/C(=O)C[C@H]2CO[C@@H]3[C@H]2OC[C@H]3OC(=O)/C=C/c2ccc(CO)cc2)cc1. The van der Waals surface area contributed by atoms with Gasteiger partial charge in [0, 0.05) is 18.4 Å². The first kappa shape index (κ1) is 23.9. The maximum Gasteiger partial charge on any atom is 0.331 e. The van der Waals surface area contributed by atoms with Crippen molar-refractivity contribution in [3.63, 3.8) is 0 Å². The van der Waals surface area contributed by atoms with Gasteiger partial charge in [-0.2, -0.15) is 0 Å². The average molecular weight is 465 g/mol. The van der Waals surface area contributed by atoms with Gasteiger partial charge in [0.05, 0.1) is 33.0 Å². The molecule has 1 N–H and O–H groups in total. The van der Waals surface area contributed by atoms with E-state index in [0.717, 1.165) is 22.4 Å². The van der Waals surface area contributed by atoms with Crippen molar-refractivity contribution in [2.45, 2.75) is 31.3 Å². The van der Waals surface area contributed by atoms with Crippen molar-refractivity contribution in [3.8, 4) is 5.75 Å². The molecule has 2 aliphatic heterocycles. The van der Waals surface area contributed by atoms with Crippen LogP contribution in [-0.4, -0.2) is 55.5 Å². The molecule has 2 fully saturated rings. The van der Waals surface area contributed by atoms with Crippen LogP contribution in [0.25, 0.3) is 12.2 Å². The highest BCUT2D eigenvalue weighted by Gasteiger charge is 2.49. The van der Waals surface area contributed by atoms with Gasteiger partial charge in [-0.05, 0) is 41.0 Å². The van der Waals surface area contributed by atoms with Crippen molar-refractivity contribution >= 4 is 23.9 Å². The lowest BCUT2D eigenvalue weighted by Crippen LogP contribution is -2.33. The molecule has 4 atom stereocenters. The second-order valence-corrected chi connectivity index (χ2v) is 8.34. The van der Waals surface area contributed by atoms with E-state index in [1.807, 2.05) is 36.4 Å². The molecule has 34 heavy (non-hydrogen) atoms. The lowest BCUT2D eigenvalue weighted by atomic mass is 9.95. The first-order chi connectivity index (χ1) is 16.6. The van der Waals surface area contributed by atoms with Gasteiger partial charge < -0.3 is 24.1 Å². The van der Waals surface area contributed by atoms with Crippen molar-refractivity contribution in [2.75, 3.05) is 20.3 Å². The molecular formula is C27H28O7. The number of allylic oxidation sites excluding steroid dienone is 1. The highest BCUT2D eigenvalue weighted by atomic mass is 16.6. The van der Waals surface area contributed by atoms with Crippen LogP contribution in [0.1, 0.15) is 23.1 Å². The molecule has 0 bridgehead atoms. The Bertz CT molecular complexity index is 954. The Morgan fingerprint density at radius 1 is 0.941 bits per heavy atom. The fourth-order valence-electron chi connectivity index (χ4n) is 4.14. The molecule has 2 saturated heterocycles. The highest BCUT2D eigenvalue weighted by molar-refractivity contribution is 5.93. The minimum absolute atomic E-state index is 0.00994. The summed E-state index contributed by atoms with van der Waals surface area (Å²) in [5.74, 6) is 0.191. The topological polar surface area (TPSA) is 91.3 Å². The van der Waals surface area contributed by atoms with Crippen LogP contribution in [0, 0.1) is 5.92 Å². The van der Waals surface area contributed by atoms with Gasteiger partial charge in [0.2, 0.25) is 0 Å². The maximum atomic E-state index is 12.5. The quantitative estimate of drug-likeness (QED) is 0.450. The molecule has 0 aromatic heterocycles. The van der Waals surface area contributed by atoms with Gasteiger partial charge in [-0.3, -0.25) is 4.79 Å². The van der Waals surface area contributed by atoms with E-state index < -0.39 is 12.1 Å². The first-order valence-corrected chi connectivity index (χ1v) is 11.2. The predicted molar refractivity (Wildman–Crippen MR) is 126 cm³/mol. The fraction of sp³-hybridized carbons (Fsp3) is 0.333. The lowest BCUT2D eigenvalue weighted by Gasteiger charge is -2.16. The molecule has 0 spiro atoms. The van der Waals surface area contributed by atoms with Crippen molar-refractivity contribution in [3.05, 3.63) is 77.4 Å². The highest BCUT2D eigenvalue weighted by Crippen LogP contribution is 2.34. The standard InChI is InChI=1S/C27H28O7/c1-31-23-11-7-19(8-12-23)6-10-22(29)14-21-16-32-27-24(17-33-26(21)27)34-25(30)13-9-18-2-4-20(15-28)5-3-18/h2-13,21,24,26-28H,14-17H2,1H3/b10-6+,13-9+/t21-,24+,26-,27-/m0/s1. The number of aliphatic hydroxyl groups is 1. The van der Waals surface area contributed by atoms with Gasteiger partial charge in [-0.25, -0.2) is 4.79 Å². The van der Waals surface area contributed by atoms with Crippen LogP contribution in [0.2, 0.25) is 0 Å². The molecular weight excluding hydrogens is 436 g/mol. The Morgan fingerprint density at radius 2 is 1.59 bits per heavy atom. The third-order valence-corrected chi connectivity index (χ3v) is 5.99. The van der Waals surface area contributed by atoms with Gasteiger partial charge in [-0.1, -0.05) is 42.5 Å². The zero-order valence-corrected chi connectivity index (χ0v) is 19.0. The molecule has 7 heteroatoms. The van der Waals surface area contributed by atoms with Crippen LogP contribution in [-0.2, 0) is 30.4 Å². The largest absolute Gasteiger partial charge is 0.497 e. The van der Waals surface area contributed by atoms with Crippen LogP contribution < -0.4 is 4.74 Å². The summed E-state index contributed by atoms with van der Waals surface area (Å²) in [6, 6.07) is 14.7. The average Bonchev–Trinajstić information content (AvgIpc) is 3.45. The van der Waals surface area contributed by atoms with E-state index in [1.54, 1.807) is 37.5 Å². The zero-order chi connectivity index (χ0) is 23.9. The van der Waals surface area contributed by atoms with Gasteiger partial charge in [0.25, 0.3) is 0 Å². The van der Waals surface area contributed by atoms with Gasteiger partial charge >= 0.3 is 5.97 Å². The van der Waals surface area contributed by atoms with Crippen molar-refractivity contribution < 1.29 is 33.6 Å². The zero-order valence-electron chi connectivity index (χ0n) is 19.0. The monoisotopic (exact) mass is 464 g/mol. The van der Waals surface area contributed by atoms with E-state index >= 15 is 0 Å². The van der Waals surface area contributed by atoms with Gasteiger partial charge in [0.15, 0.2) is 11.9 Å². The summed E-state index contributed by atoms with van der Waals surface area (Å²) in [6.45, 7) is 0.604. The van der Waals surface area contributed by atoms with E-state index in [2.05, 4.69) is 0 Å². The number of hydrogen-bond donors (Lipinski definition) is 1. The van der Waals surface area contributed by atoms with Crippen LogP contribution >= 0.6 is 0 Å².